The molecule has 2 aliphatic rings. The van der Waals surface area contributed by atoms with Crippen LogP contribution in [0.1, 0.15) is 58.4 Å². The molecule has 0 saturated heterocycles. The maximum atomic E-state index is 13.1. The van der Waals surface area contributed by atoms with Gasteiger partial charge in [-0.3, -0.25) is 9.59 Å². The molecule has 1 unspecified atom stereocenters. The Morgan fingerprint density at radius 2 is 1.79 bits per heavy atom. The summed E-state index contributed by atoms with van der Waals surface area (Å²) in [5.41, 5.74) is 5.10. The number of amides is 2. The standard InChI is InChI=1S/C27H27N3O3/c1-17-24-14-19(13-20-11-12-28-25(15-20)29-26(31)21-6-7-21)5-10-23(24)27(32)30(17)16-18-3-8-22(33-2)9-4-18/h3-5,8-12,14-15,17,21H,6-7,13,16H2,1-2H3,(H,28,29,31). The summed E-state index contributed by atoms with van der Waals surface area (Å²) in [6.07, 6.45) is 4.37. The van der Waals surface area contributed by atoms with Gasteiger partial charge in [-0.1, -0.05) is 24.3 Å². The summed E-state index contributed by atoms with van der Waals surface area (Å²) in [6, 6.07) is 17.8. The van der Waals surface area contributed by atoms with Crippen molar-refractivity contribution < 1.29 is 14.3 Å². The van der Waals surface area contributed by atoms with Crippen LogP contribution < -0.4 is 10.1 Å². The highest BCUT2D eigenvalue weighted by Crippen LogP contribution is 2.35. The van der Waals surface area contributed by atoms with Crippen molar-refractivity contribution in [2.24, 2.45) is 5.92 Å². The molecule has 2 heterocycles. The fraction of sp³-hybridized carbons (Fsp3) is 0.296. The van der Waals surface area contributed by atoms with Gasteiger partial charge in [0.05, 0.1) is 13.2 Å². The van der Waals surface area contributed by atoms with E-state index in [1.165, 1.54) is 0 Å². The fourth-order valence-corrected chi connectivity index (χ4v) is 4.36. The summed E-state index contributed by atoms with van der Waals surface area (Å²) >= 11 is 0. The normalized spacial score (nSPS) is 17.1. The first kappa shape index (κ1) is 21.2. The van der Waals surface area contributed by atoms with Crippen LogP contribution in [-0.4, -0.2) is 28.8 Å². The number of ether oxygens (including phenoxy) is 1. The number of hydrogen-bond donors (Lipinski definition) is 1. The summed E-state index contributed by atoms with van der Waals surface area (Å²) in [4.78, 5) is 31.3. The number of anilines is 1. The molecule has 6 nitrogen and oxygen atoms in total. The number of aromatic nitrogens is 1. The number of methoxy groups -OCH3 is 1. The smallest absolute Gasteiger partial charge is 0.255 e. The minimum atomic E-state index is 0.000354. The number of nitrogens with zero attached hydrogens (tertiary/aromatic N) is 2. The summed E-state index contributed by atoms with van der Waals surface area (Å²) in [5, 5.41) is 2.91. The molecule has 0 bridgehead atoms. The predicted octanol–water partition coefficient (Wildman–Crippen LogP) is 4.75. The number of nitrogens with one attached hydrogen (secondary N) is 1. The highest BCUT2D eigenvalue weighted by Gasteiger charge is 2.34. The van der Waals surface area contributed by atoms with Gasteiger partial charge in [-0.15, -0.1) is 0 Å². The van der Waals surface area contributed by atoms with E-state index in [1.807, 2.05) is 53.4 Å². The molecule has 6 heteroatoms. The highest BCUT2D eigenvalue weighted by atomic mass is 16.5. The van der Waals surface area contributed by atoms with Crippen LogP contribution in [0.4, 0.5) is 5.82 Å². The molecule has 1 N–H and O–H groups in total. The van der Waals surface area contributed by atoms with E-state index in [9.17, 15) is 9.59 Å². The Morgan fingerprint density at radius 1 is 1.06 bits per heavy atom. The molecule has 168 valence electrons. The molecule has 1 saturated carbocycles. The minimum absolute atomic E-state index is 0.000354. The zero-order valence-corrected chi connectivity index (χ0v) is 18.9. The molecule has 1 aliphatic heterocycles. The Balaban J connectivity index is 1.30. The van der Waals surface area contributed by atoms with Crippen molar-refractivity contribution in [3.63, 3.8) is 0 Å². The third-order valence-corrected chi connectivity index (χ3v) is 6.47. The fourth-order valence-electron chi connectivity index (χ4n) is 4.36. The van der Waals surface area contributed by atoms with Crippen LogP contribution in [0.2, 0.25) is 0 Å². The van der Waals surface area contributed by atoms with Crippen LogP contribution in [0.3, 0.4) is 0 Å². The van der Waals surface area contributed by atoms with Crippen LogP contribution in [0.5, 0.6) is 5.75 Å². The van der Waals surface area contributed by atoms with E-state index < -0.39 is 0 Å². The van der Waals surface area contributed by atoms with Gasteiger partial charge in [0.1, 0.15) is 11.6 Å². The third-order valence-electron chi connectivity index (χ3n) is 6.47. The van der Waals surface area contributed by atoms with Crippen LogP contribution in [0.15, 0.2) is 60.8 Å². The second-order valence-corrected chi connectivity index (χ2v) is 8.87. The zero-order valence-electron chi connectivity index (χ0n) is 18.9. The molecule has 5 rings (SSSR count). The predicted molar refractivity (Wildman–Crippen MR) is 126 cm³/mol. The van der Waals surface area contributed by atoms with Crippen LogP contribution in [-0.2, 0) is 17.8 Å². The average Bonchev–Trinajstić information content (AvgIpc) is 3.65. The van der Waals surface area contributed by atoms with Gasteiger partial charge in [-0.05, 0) is 78.8 Å². The Morgan fingerprint density at radius 3 is 2.52 bits per heavy atom. The number of hydrogen-bond acceptors (Lipinski definition) is 4. The number of fused-ring (bicyclic) bond motifs is 1. The van der Waals surface area contributed by atoms with Gasteiger partial charge in [-0.2, -0.15) is 0 Å². The van der Waals surface area contributed by atoms with E-state index in [0.29, 0.717) is 18.8 Å². The van der Waals surface area contributed by atoms with Gasteiger partial charge in [-0.25, -0.2) is 4.98 Å². The van der Waals surface area contributed by atoms with E-state index >= 15 is 0 Å². The summed E-state index contributed by atoms with van der Waals surface area (Å²) in [7, 11) is 1.65. The van der Waals surface area contributed by atoms with Gasteiger partial charge in [0.15, 0.2) is 0 Å². The summed E-state index contributed by atoms with van der Waals surface area (Å²) < 4.78 is 5.23. The van der Waals surface area contributed by atoms with Crippen LogP contribution >= 0.6 is 0 Å². The van der Waals surface area contributed by atoms with Crippen molar-refractivity contribution in [2.75, 3.05) is 12.4 Å². The Labute approximate surface area is 193 Å². The molecule has 1 fully saturated rings. The Hall–Kier alpha value is -3.67. The highest BCUT2D eigenvalue weighted by molar-refractivity contribution is 5.99. The van der Waals surface area contributed by atoms with E-state index in [0.717, 1.165) is 46.4 Å². The van der Waals surface area contributed by atoms with Gasteiger partial charge in [0.25, 0.3) is 5.91 Å². The van der Waals surface area contributed by atoms with Crippen molar-refractivity contribution >= 4 is 17.6 Å². The molecule has 0 radical (unpaired) electrons. The Kier molecular flexibility index (Phi) is 5.58. The lowest BCUT2D eigenvalue weighted by molar-refractivity contribution is -0.117. The van der Waals surface area contributed by atoms with Crippen molar-refractivity contribution in [3.8, 4) is 5.75 Å². The van der Waals surface area contributed by atoms with Crippen molar-refractivity contribution in [3.05, 3.63) is 88.6 Å². The molecule has 1 aromatic heterocycles. The third kappa shape index (κ3) is 4.46. The number of carbonyl (C=O) groups excluding carboxylic acids is 2. The topological polar surface area (TPSA) is 71.5 Å². The molecule has 1 aliphatic carbocycles. The largest absolute Gasteiger partial charge is 0.497 e. The Bertz CT molecular complexity index is 1200. The number of carbonyl (C=O) groups is 2. The first-order chi connectivity index (χ1) is 16.0. The summed E-state index contributed by atoms with van der Waals surface area (Å²) in [5.74, 6) is 1.67. The number of benzene rings is 2. The average molecular weight is 442 g/mol. The van der Waals surface area contributed by atoms with E-state index in [2.05, 4.69) is 23.3 Å². The van der Waals surface area contributed by atoms with Crippen molar-refractivity contribution in [1.82, 2.24) is 9.88 Å². The first-order valence-corrected chi connectivity index (χ1v) is 11.3. The van der Waals surface area contributed by atoms with E-state index in [-0.39, 0.29) is 23.8 Å². The molecule has 2 aromatic carbocycles. The van der Waals surface area contributed by atoms with Crippen LogP contribution in [0, 0.1) is 5.92 Å². The maximum absolute atomic E-state index is 13.1. The lowest BCUT2D eigenvalue weighted by Gasteiger charge is -2.22. The van der Waals surface area contributed by atoms with Crippen molar-refractivity contribution in [1.29, 1.82) is 0 Å². The first-order valence-electron chi connectivity index (χ1n) is 11.3. The number of rotatable bonds is 7. The SMILES string of the molecule is COc1ccc(CN2C(=O)c3ccc(Cc4ccnc(NC(=O)C5CC5)c4)cc3C2C)cc1. The van der Waals surface area contributed by atoms with Gasteiger partial charge in [0, 0.05) is 24.2 Å². The molecular weight excluding hydrogens is 414 g/mol. The van der Waals surface area contributed by atoms with Gasteiger partial charge < -0.3 is 15.0 Å². The molecule has 0 spiro atoms. The molecule has 2 amide bonds. The van der Waals surface area contributed by atoms with E-state index in [1.54, 1.807) is 13.3 Å². The number of pyridine rings is 1. The van der Waals surface area contributed by atoms with Crippen molar-refractivity contribution in [2.45, 2.75) is 38.8 Å². The molecular formula is C27H27N3O3. The second-order valence-electron chi connectivity index (χ2n) is 8.87. The molecule has 33 heavy (non-hydrogen) atoms. The van der Waals surface area contributed by atoms with Crippen LogP contribution in [0.25, 0.3) is 0 Å². The quantitative estimate of drug-likeness (QED) is 0.575. The minimum Gasteiger partial charge on any atom is -0.497 e. The maximum Gasteiger partial charge on any atom is 0.255 e. The zero-order chi connectivity index (χ0) is 22.9. The lowest BCUT2D eigenvalue weighted by atomic mass is 9.98. The monoisotopic (exact) mass is 441 g/mol. The molecule has 1 atom stereocenters. The van der Waals surface area contributed by atoms with E-state index in [4.69, 9.17) is 4.74 Å². The van der Waals surface area contributed by atoms with Gasteiger partial charge in [0.2, 0.25) is 5.91 Å². The second kappa shape index (κ2) is 8.70. The van der Waals surface area contributed by atoms with Gasteiger partial charge >= 0.3 is 0 Å². The lowest BCUT2D eigenvalue weighted by Crippen LogP contribution is -2.26. The summed E-state index contributed by atoms with van der Waals surface area (Å²) in [6.45, 7) is 2.64. The molecule has 3 aromatic rings.